The average molecular weight is 390 g/mol. The minimum absolute atomic E-state index is 0.105. The zero-order valence-electron chi connectivity index (χ0n) is 17.4. The van der Waals surface area contributed by atoms with E-state index in [1.54, 1.807) is 18.2 Å². The molecule has 0 radical (unpaired) electrons. The Hall–Kier alpha value is -3.41. The maximum Gasteiger partial charge on any atom is 0.339 e. The fraction of sp³-hybridized carbons (Fsp3) is 0.261. The number of carbonyl (C=O) groups excluding carboxylic acids is 1. The molecule has 1 heterocycles. The molecular weight excluding hydrogens is 364 g/mol. The number of hydrogen-bond donors (Lipinski definition) is 2. The van der Waals surface area contributed by atoms with E-state index < -0.39 is 5.97 Å². The van der Waals surface area contributed by atoms with E-state index in [4.69, 9.17) is 4.74 Å². The summed E-state index contributed by atoms with van der Waals surface area (Å²) in [6, 6.07) is 17.3. The van der Waals surface area contributed by atoms with Crippen molar-refractivity contribution in [3.8, 4) is 0 Å². The highest BCUT2D eigenvalue weighted by Gasteiger charge is 2.14. The number of benzene rings is 2. The summed E-state index contributed by atoms with van der Waals surface area (Å²) in [5, 5.41) is 6.51. The zero-order valence-corrected chi connectivity index (χ0v) is 17.4. The number of aryl methyl sites for hydroxylation is 1. The third-order valence-corrected chi connectivity index (χ3v) is 4.46. The van der Waals surface area contributed by atoms with Gasteiger partial charge in [-0.2, -0.15) is 0 Å². The Kier molecular flexibility index (Phi) is 5.82. The van der Waals surface area contributed by atoms with E-state index in [2.05, 4.69) is 53.5 Å². The Balaban J connectivity index is 1.83. The number of rotatable bonds is 5. The number of para-hydroxylation sites is 1. The van der Waals surface area contributed by atoms with Crippen LogP contribution in [0.4, 0.5) is 23.0 Å². The minimum Gasteiger partial charge on any atom is -0.465 e. The highest BCUT2D eigenvalue weighted by atomic mass is 16.5. The molecule has 0 atom stereocenters. The van der Waals surface area contributed by atoms with Crippen molar-refractivity contribution in [2.45, 2.75) is 33.1 Å². The van der Waals surface area contributed by atoms with E-state index >= 15 is 0 Å². The molecule has 0 aliphatic heterocycles. The predicted octanol–water partition coefficient (Wildman–Crippen LogP) is 5.36. The van der Waals surface area contributed by atoms with Gasteiger partial charge < -0.3 is 15.4 Å². The fourth-order valence-electron chi connectivity index (χ4n) is 2.92. The molecule has 29 heavy (non-hydrogen) atoms. The van der Waals surface area contributed by atoms with Crippen LogP contribution in [0.5, 0.6) is 0 Å². The molecule has 0 aliphatic carbocycles. The highest BCUT2D eigenvalue weighted by Crippen LogP contribution is 2.26. The molecule has 0 bridgehead atoms. The molecule has 0 spiro atoms. The van der Waals surface area contributed by atoms with Gasteiger partial charge in [0.1, 0.15) is 17.5 Å². The van der Waals surface area contributed by atoms with Crippen LogP contribution in [0.1, 0.15) is 42.5 Å². The van der Waals surface area contributed by atoms with E-state index in [-0.39, 0.29) is 5.41 Å². The topological polar surface area (TPSA) is 76.1 Å². The number of carbonyl (C=O) groups is 1. The predicted molar refractivity (Wildman–Crippen MR) is 116 cm³/mol. The molecule has 1 aromatic heterocycles. The first-order chi connectivity index (χ1) is 13.8. The summed E-state index contributed by atoms with van der Waals surface area (Å²) >= 11 is 0. The van der Waals surface area contributed by atoms with Crippen molar-refractivity contribution >= 4 is 29.0 Å². The van der Waals surface area contributed by atoms with Crippen LogP contribution in [0.3, 0.4) is 0 Å². The van der Waals surface area contributed by atoms with Crippen molar-refractivity contribution in [1.29, 1.82) is 0 Å². The fourth-order valence-corrected chi connectivity index (χ4v) is 2.92. The lowest BCUT2D eigenvalue weighted by Crippen LogP contribution is -2.10. The van der Waals surface area contributed by atoms with Gasteiger partial charge in [0, 0.05) is 11.8 Å². The maximum absolute atomic E-state index is 12.0. The van der Waals surface area contributed by atoms with Crippen molar-refractivity contribution in [3.63, 3.8) is 0 Å². The van der Waals surface area contributed by atoms with Gasteiger partial charge in [0.2, 0.25) is 0 Å². The first-order valence-electron chi connectivity index (χ1n) is 9.44. The van der Waals surface area contributed by atoms with Crippen LogP contribution in [0.15, 0.2) is 54.6 Å². The smallest absolute Gasteiger partial charge is 0.339 e. The molecule has 3 aromatic rings. The summed E-state index contributed by atoms with van der Waals surface area (Å²) in [5.74, 6) is 1.46. The third kappa shape index (κ3) is 5.10. The van der Waals surface area contributed by atoms with Crippen molar-refractivity contribution in [1.82, 2.24) is 9.97 Å². The van der Waals surface area contributed by atoms with E-state index in [1.165, 1.54) is 12.7 Å². The van der Waals surface area contributed by atoms with E-state index in [1.807, 2.05) is 31.2 Å². The molecule has 6 heteroatoms. The van der Waals surface area contributed by atoms with Gasteiger partial charge in [-0.1, -0.05) is 45.0 Å². The van der Waals surface area contributed by atoms with Crippen LogP contribution in [-0.4, -0.2) is 23.0 Å². The number of methoxy groups -OCH3 is 1. The summed E-state index contributed by atoms with van der Waals surface area (Å²) in [6.07, 6.45) is 0. The zero-order chi connectivity index (χ0) is 21.0. The molecule has 0 amide bonds. The molecule has 6 nitrogen and oxygen atoms in total. The summed E-state index contributed by atoms with van der Waals surface area (Å²) < 4.78 is 4.85. The summed E-state index contributed by atoms with van der Waals surface area (Å²) in [4.78, 5) is 20.9. The summed E-state index contributed by atoms with van der Waals surface area (Å²) in [5.41, 5.74) is 3.38. The average Bonchev–Trinajstić information content (AvgIpc) is 2.67. The lowest BCUT2D eigenvalue weighted by Gasteiger charge is -2.19. The molecule has 0 unspecified atom stereocenters. The quantitative estimate of drug-likeness (QED) is 0.572. The Morgan fingerprint density at radius 3 is 2.17 bits per heavy atom. The Labute approximate surface area is 171 Å². The second kappa shape index (κ2) is 8.31. The van der Waals surface area contributed by atoms with Gasteiger partial charge in [-0.15, -0.1) is 0 Å². The van der Waals surface area contributed by atoms with Crippen molar-refractivity contribution in [2.75, 3.05) is 17.7 Å². The molecule has 2 N–H and O–H groups in total. The van der Waals surface area contributed by atoms with Crippen LogP contribution in [0.25, 0.3) is 0 Å². The van der Waals surface area contributed by atoms with Gasteiger partial charge in [0.15, 0.2) is 0 Å². The summed E-state index contributed by atoms with van der Waals surface area (Å²) in [7, 11) is 1.36. The monoisotopic (exact) mass is 390 g/mol. The molecule has 2 aromatic carbocycles. The van der Waals surface area contributed by atoms with Gasteiger partial charge in [0.25, 0.3) is 0 Å². The van der Waals surface area contributed by atoms with Crippen molar-refractivity contribution < 1.29 is 9.53 Å². The number of hydrogen-bond acceptors (Lipinski definition) is 6. The number of nitrogens with one attached hydrogen (secondary N) is 2. The van der Waals surface area contributed by atoms with Crippen molar-refractivity contribution in [2.24, 2.45) is 0 Å². The van der Waals surface area contributed by atoms with E-state index in [0.717, 1.165) is 5.69 Å². The van der Waals surface area contributed by atoms with Crippen LogP contribution < -0.4 is 10.6 Å². The Morgan fingerprint density at radius 2 is 1.55 bits per heavy atom. The van der Waals surface area contributed by atoms with Crippen molar-refractivity contribution in [3.05, 3.63) is 71.5 Å². The molecular formula is C23H26N4O2. The minimum atomic E-state index is -0.406. The Bertz CT molecular complexity index is 1010. The number of anilines is 4. The molecule has 0 saturated carbocycles. The van der Waals surface area contributed by atoms with Crippen LogP contribution >= 0.6 is 0 Å². The van der Waals surface area contributed by atoms with Gasteiger partial charge in [0.05, 0.1) is 18.4 Å². The first-order valence-corrected chi connectivity index (χ1v) is 9.44. The highest BCUT2D eigenvalue weighted by molar-refractivity contribution is 5.96. The van der Waals surface area contributed by atoms with E-state index in [0.29, 0.717) is 28.7 Å². The molecule has 0 aliphatic rings. The Morgan fingerprint density at radius 1 is 0.931 bits per heavy atom. The third-order valence-electron chi connectivity index (χ3n) is 4.46. The van der Waals surface area contributed by atoms with Gasteiger partial charge >= 0.3 is 5.97 Å². The lowest BCUT2D eigenvalue weighted by molar-refractivity contribution is 0.0602. The molecule has 150 valence electrons. The van der Waals surface area contributed by atoms with Gasteiger partial charge in [-0.25, -0.2) is 14.8 Å². The standard InChI is InChI=1S/C23H26N4O2/c1-15-24-20(26-17-12-10-16(11-13-17)23(2,3)4)14-21(25-15)27-19-9-7-6-8-18(19)22(28)29-5/h6-14H,1-5H3,(H2,24,25,26,27). The largest absolute Gasteiger partial charge is 0.465 e. The van der Waals surface area contributed by atoms with Gasteiger partial charge in [-0.3, -0.25) is 0 Å². The molecule has 0 saturated heterocycles. The van der Waals surface area contributed by atoms with E-state index in [9.17, 15) is 4.79 Å². The van der Waals surface area contributed by atoms with Crippen LogP contribution in [0, 0.1) is 6.92 Å². The lowest BCUT2D eigenvalue weighted by atomic mass is 9.87. The number of ether oxygens (including phenoxy) is 1. The number of aromatic nitrogens is 2. The number of esters is 1. The van der Waals surface area contributed by atoms with Crippen LogP contribution in [0.2, 0.25) is 0 Å². The normalized spacial score (nSPS) is 11.1. The maximum atomic E-state index is 12.0. The second-order valence-electron chi connectivity index (χ2n) is 7.80. The SMILES string of the molecule is COC(=O)c1ccccc1Nc1cc(Nc2ccc(C(C)(C)C)cc2)nc(C)n1. The summed E-state index contributed by atoms with van der Waals surface area (Å²) in [6.45, 7) is 8.39. The molecule has 0 fully saturated rings. The van der Waals surface area contributed by atoms with Crippen LogP contribution in [-0.2, 0) is 10.2 Å². The molecule has 3 rings (SSSR count). The first kappa shape index (κ1) is 20.3. The second-order valence-corrected chi connectivity index (χ2v) is 7.80. The van der Waals surface area contributed by atoms with Gasteiger partial charge in [-0.05, 0) is 42.2 Å². The number of nitrogens with zero attached hydrogens (tertiary/aromatic N) is 2.